The van der Waals surface area contributed by atoms with Crippen LogP contribution < -0.4 is 0 Å². The van der Waals surface area contributed by atoms with Crippen LogP contribution in [0.4, 0.5) is 0 Å². The van der Waals surface area contributed by atoms with Crippen molar-refractivity contribution in [3.05, 3.63) is 22.7 Å². The number of alkyl halides is 1. The summed E-state index contributed by atoms with van der Waals surface area (Å²) >= 11 is 11.4. The van der Waals surface area contributed by atoms with E-state index in [0.29, 0.717) is 22.6 Å². The van der Waals surface area contributed by atoms with E-state index in [4.69, 9.17) is 27.9 Å². The van der Waals surface area contributed by atoms with E-state index < -0.39 is 0 Å². The minimum Gasteiger partial charge on any atom is -0.374 e. The van der Waals surface area contributed by atoms with Crippen molar-refractivity contribution in [2.24, 2.45) is 0 Å². The number of halogens is 2. The molecule has 0 aliphatic heterocycles. The largest absolute Gasteiger partial charge is 0.374 e. The van der Waals surface area contributed by atoms with Gasteiger partial charge in [-0.25, -0.2) is 9.97 Å². The minimum absolute atomic E-state index is 0.166. The standard InChI is InChI=1S/C8H10Cl2N2O/c1-5(13-2)8-11-6(4-9)3-7(10)12-8/h3,5H,4H2,1-2H3. The molecule has 1 aromatic rings. The van der Waals surface area contributed by atoms with Gasteiger partial charge >= 0.3 is 0 Å². The van der Waals surface area contributed by atoms with E-state index in [1.807, 2.05) is 6.92 Å². The van der Waals surface area contributed by atoms with Crippen LogP contribution in [0, 0.1) is 0 Å². The fourth-order valence-corrected chi connectivity index (χ4v) is 1.19. The maximum atomic E-state index is 5.76. The van der Waals surface area contributed by atoms with Crippen molar-refractivity contribution in [1.29, 1.82) is 0 Å². The van der Waals surface area contributed by atoms with Gasteiger partial charge in [0.1, 0.15) is 11.3 Å². The molecule has 1 aromatic heterocycles. The summed E-state index contributed by atoms with van der Waals surface area (Å²) in [4.78, 5) is 8.19. The number of hydrogen-bond donors (Lipinski definition) is 0. The summed E-state index contributed by atoms with van der Waals surface area (Å²) < 4.78 is 5.06. The van der Waals surface area contributed by atoms with E-state index in [-0.39, 0.29) is 6.10 Å². The Morgan fingerprint density at radius 3 is 2.77 bits per heavy atom. The molecular weight excluding hydrogens is 211 g/mol. The van der Waals surface area contributed by atoms with Gasteiger partial charge in [0, 0.05) is 7.11 Å². The van der Waals surface area contributed by atoms with Crippen LogP contribution in [0.15, 0.2) is 6.07 Å². The number of methoxy groups -OCH3 is 1. The van der Waals surface area contributed by atoms with Crippen LogP contribution in [-0.2, 0) is 10.6 Å². The summed E-state index contributed by atoms with van der Waals surface area (Å²) in [7, 11) is 1.59. The number of hydrogen-bond acceptors (Lipinski definition) is 3. The van der Waals surface area contributed by atoms with Crippen LogP contribution in [0.25, 0.3) is 0 Å². The fourth-order valence-electron chi connectivity index (χ4n) is 0.839. The Labute approximate surface area is 87.1 Å². The molecule has 13 heavy (non-hydrogen) atoms. The summed E-state index contributed by atoms with van der Waals surface area (Å²) in [6.07, 6.45) is -0.166. The third-order valence-corrected chi connectivity index (χ3v) is 2.09. The highest BCUT2D eigenvalue weighted by molar-refractivity contribution is 6.29. The van der Waals surface area contributed by atoms with Crippen molar-refractivity contribution < 1.29 is 4.74 Å². The Balaban J connectivity index is 3.01. The highest BCUT2D eigenvalue weighted by Gasteiger charge is 2.09. The average molecular weight is 221 g/mol. The van der Waals surface area contributed by atoms with Gasteiger partial charge in [0.15, 0.2) is 5.82 Å². The maximum Gasteiger partial charge on any atom is 0.158 e. The van der Waals surface area contributed by atoms with Gasteiger partial charge in [0.2, 0.25) is 0 Å². The Hall–Kier alpha value is -0.380. The second-order valence-corrected chi connectivity index (χ2v) is 3.21. The Morgan fingerprint density at radius 1 is 1.54 bits per heavy atom. The predicted octanol–water partition coefficient (Wildman–Crippen LogP) is 2.58. The Bertz CT molecular complexity index is 293. The van der Waals surface area contributed by atoms with Gasteiger partial charge in [0.05, 0.1) is 11.6 Å². The third kappa shape index (κ3) is 2.79. The molecule has 0 radical (unpaired) electrons. The molecule has 0 N–H and O–H groups in total. The number of nitrogens with zero attached hydrogens (tertiary/aromatic N) is 2. The Kier molecular flexibility index (Phi) is 3.90. The molecule has 1 heterocycles. The fraction of sp³-hybridized carbons (Fsp3) is 0.500. The summed E-state index contributed by atoms with van der Waals surface area (Å²) in [6, 6.07) is 1.64. The van der Waals surface area contributed by atoms with E-state index in [9.17, 15) is 0 Å². The second kappa shape index (κ2) is 4.74. The lowest BCUT2D eigenvalue weighted by atomic mass is 10.3. The molecule has 3 nitrogen and oxygen atoms in total. The van der Waals surface area contributed by atoms with Crippen LogP contribution in [0.5, 0.6) is 0 Å². The summed E-state index contributed by atoms with van der Waals surface area (Å²) in [5, 5.41) is 0.393. The summed E-state index contributed by atoms with van der Waals surface area (Å²) in [5.74, 6) is 0.886. The van der Waals surface area contributed by atoms with Crippen LogP contribution in [-0.4, -0.2) is 17.1 Å². The quantitative estimate of drug-likeness (QED) is 0.581. The number of ether oxygens (including phenoxy) is 1. The highest BCUT2D eigenvalue weighted by atomic mass is 35.5. The van der Waals surface area contributed by atoms with Gasteiger partial charge in [-0.2, -0.15) is 0 Å². The summed E-state index contributed by atoms with van der Waals surface area (Å²) in [6.45, 7) is 1.85. The topological polar surface area (TPSA) is 35.0 Å². The molecule has 1 rings (SSSR count). The van der Waals surface area contributed by atoms with Crippen molar-refractivity contribution in [1.82, 2.24) is 9.97 Å². The van der Waals surface area contributed by atoms with E-state index >= 15 is 0 Å². The average Bonchev–Trinajstić information content (AvgIpc) is 2.15. The van der Waals surface area contributed by atoms with Crippen molar-refractivity contribution in [3.8, 4) is 0 Å². The number of rotatable bonds is 3. The maximum absolute atomic E-state index is 5.76. The molecule has 0 saturated carbocycles. The zero-order chi connectivity index (χ0) is 9.84. The zero-order valence-corrected chi connectivity index (χ0v) is 8.93. The van der Waals surface area contributed by atoms with Crippen molar-refractivity contribution in [2.45, 2.75) is 18.9 Å². The first-order valence-corrected chi connectivity index (χ1v) is 4.70. The molecule has 0 fully saturated rings. The molecule has 5 heteroatoms. The predicted molar refractivity (Wildman–Crippen MR) is 52.0 cm³/mol. The third-order valence-electron chi connectivity index (χ3n) is 1.62. The van der Waals surface area contributed by atoms with Gasteiger partial charge in [-0.3, -0.25) is 0 Å². The number of aromatic nitrogens is 2. The summed E-state index contributed by atoms with van der Waals surface area (Å²) in [5.41, 5.74) is 0.709. The van der Waals surface area contributed by atoms with E-state index in [1.54, 1.807) is 13.2 Å². The molecule has 0 bridgehead atoms. The van der Waals surface area contributed by atoms with Crippen molar-refractivity contribution >= 4 is 23.2 Å². The SMILES string of the molecule is COC(C)c1nc(Cl)cc(CCl)n1. The zero-order valence-electron chi connectivity index (χ0n) is 7.42. The molecule has 0 aliphatic rings. The first-order valence-electron chi connectivity index (χ1n) is 3.79. The van der Waals surface area contributed by atoms with Crippen LogP contribution in [0.3, 0.4) is 0 Å². The normalized spacial score (nSPS) is 12.9. The van der Waals surface area contributed by atoms with Gasteiger partial charge in [-0.15, -0.1) is 11.6 Å². The molecular formula is C8H10Cl2N2O. The second-order valence-electron chi connectivity index (χ2n) is 2.55. The van der Waals surface area contributed by atoms with Crippen LogP contribution in [0.2, 0.25) is 5.15 Å². The molecule has 0 spiro atoms. The van der Waals surface area contributed by atoms with Gasteiger partial charge in [-0.05, 0) is 13.0 Å². The monoisotopic (exact) mass is 220 g/mol. The van der Waals surface area contributed by atoms with Crippen molar-refractivity contribution in [2.75, 3.05) is 7.11 Å². The molecule has 0 aromatic carbocycles. The first kappa shape index (κ1) is 10.7. The van der Waals surface area contributed by atoms with E-state index in [0.717, 1.165) is 0 Å². The highest BCUT2D eigenvalue weighted by Crippen LogP contribution is 2.15. The van der Waals surface area contributed by atoms with Gasteiger partial charge in [-0.1, -0.05) is 11.6 Å². The first-order chi connectivity index (χ1) is 6.17. The van der Waals surface area contributed by atoms with E-state index in [2.05, 4.69) is 9.97 Å². The van der Waals surface area contributed by atoms with Crippen molar-refractivity contribution in [3.63, 3.8) is 0 Å². The lowest BCUT2D eigenvalue weighted by Gasteiger charge is -2.08. The lowest BCUT2D eigenvalue weighted by molar-refractivity contribution is 0.112. The van der Waals surface area contributed by atoms with Gasteiger partial charge < -0.3 is 4.74 Å². The molecule has 1 unspecified atom stereocenters. The molecule has 0 amide bonds. The van der Waals surface area contributed by atoms with Crippen LogP contribution >= 0.6 is 23.2 Å². The van der Waals surface area contributed by atoms with Crippen LogP contribution in [0.1, 0.15) is 24.5 Å². The molecule has 72 valence electrons. The minimum atomic E-state index is -0.166. The lowest BCUT2D eigenvalue weighted by Crippen LogP contribution is -2.04. The smallest absolute Gasteiger partial charge is 0.158 e. The molecule has 0 saturated heterocycles. The van der Waals surface area contributed by atoms with E-state index in [1.165, 1.54) is 0 Å². The Morgan fingerprint density at radius 2 is 2.23 bits per heavy atom. The molecule has 1 atom stereocenters. The van der Waals surface area contributed by atoms with Gasteiger partial charge in [0.25, 0.3) is 0 Å². The molecule has 0 aliphatic carbocycles.